The molecule has 1 aliphatic heterocycles. The fraction of sp³-hybridized carbons (Fsp3) is 0.450. The number of hydrogen-bond acceptors (Lipinski definition) is 6. The molecule has 0 atom stereocenters. The number of nitrogens with zero attached hydrogens (tertiary/aromatic N) is 2. The molecule has 0 spiro atoms. The molecule has 0 bridgehead atoms. The fourth-order valence-corrected chi connectivity index (χ4v) is 4.93. The van der Waals surface area contributed by atoms with Crippen LogP contribution in [0.2, 0.25) is 0 Å². The smallest absolute Gasteiger partial charge is 0.373 e. The van der Waals surface area contributed by atoms with Gasteiger partial charge in [-0.15, -0.1) is 0 Å². The van der Waals surface area contributed by atoms with E-state index in [-0.39, 0.29) is 23.9 Å². The van der Waals surface area contributed by atoms with Crippen molar-refractivity contribution >= 4 is 21.8 Å². The average molecular weight is 420 g/mol. The number of aromatic carboxylic acids is 1. The molecule has 8 nitrogen and oxygen atoms in total. The highest BCUT2D eigenvalue weighted by molar-refractivity contribution is 7.89. The molecule has 1 aliphatic rings. The van der Waals surface area contributed by atoms with E-state index in [0.717, 1.165) is 31.0 Å². The maximum absolute atomic E-state index is 12.7. The molecular formula is C20H24N2O6S. The van der Waals surface area contributed by atoms with Gasteiger partial charge < -0.3 is 9.52 Å². The Bertz CT molecular complexity index is 973. The summed E-state index contributed by atoms with van der Waals surface area (Å²) in [6, 6.07) is 6.87. The maximum atomic E-state index is 12.7. The SMILES string of the molecule is Cc1ccc(S(=O)(=O)N2CCC(CCCC(=O)c3ncc(C(=O)O)o3)CC2)cc1. The van der Waals surface area contributed by atoms with Crippen molar-refractivity contribution in [2.75, 3.05) is 13.1 Å². The van der Waals surface area contributed by atoms with Crippen LogP contribution in [0, 0.1) is 12.8 Å². The first-order valence-corrected chi connectivity index (χ1v) is 11.0. The minimum absolute atomic E-state index is 0.179. The fourth-order valence-electron chi connectivity index (χ4n) is 3.46. The predicted molar refractivity (Wildman–Crippen MR) is 104 cm³/mol. The van der Waals surface area contributed by atoms with Gasteiger partial charge in [0, 0.05) is 19.5 Å². The summed E-state index contributed by atoms with van der Waals surface area (Å²) in [4.78, 5) is 26.8. The van der Waals surface area contributed by atoms with Gasteiger partial charge >= 0.3 is 5.97 Å². The number of hydrogen-bond donors (Lipinski definition) is 1. The Morgan fingerprint density at radius 3 is 2.45 bits per heavy atom. The molecule has 9 heteroatoms. The van der Waals surface area contributed by atoms with Gasteiger partial charge in [0.05, 0.1) is 11.1 Å². The quantitative estimate of drug-likeness (QED) is 0.652. The summed E-state index contributed by atoms with van der Waals surface area (Å²) >= 11 is 0. The highest BCUT2D eigenvalue weighted by Crippen LogP contribution is 2.27. The summed E-state index contributed by atoms with van der Waals surface area (Å²) < 4.78 is 31.9. The number of carbonyl (C=O) groups is 2. The van der Waals surface area contributed by atoms with E-state index in [4.69, 9.17) is 9.52 Å². The summed E-state index contributed by atoms with van der Waals surface area (Å²) in [5.74, 6) is -1.76. The number of ketones is 1. The van der Waals surface area contributed by atoms with Gasteiger partial charge in [0.15, 0.2) is 0 Å². The van der Waals surface area contributed by atoms with E-state index in [1.165, 1.54) is 4.31 Å². The Hall–Kier alpha value is -2.52. The topological polar surface area (TPSA) is 118 Å². The van der Waals surface area contributed by atoms with Crippen molar-refractivity contribution in [2.45, 2.75) is 43.9 Å². The summed E-state index contributed by atoms with van der Waals surface area (Å²) in [6.45, 7) is 2.85. The zero-order valence-corrected chi connectivity index (χ0v) is 17.0. The van der Waals surface area contributed by atoms with E-state index in [9.17, 15) is 18.0 Å². The molecule has 1 saturated heterocycles. The second kappa shape index (κ2) is 8.87. The number of piperidine rings is 1. The molecule has 3 rings (SSSR count). The van der Waals surface area contributed by atoms with Crippen LogP contribution in [-0.4, -0.2) is 47.7 Å². The Kier molecular flexibility index (Phi) is 6.49. The van der Waals surface area contributed by atoms with Crippen LogP contribution >= 0.6 is 0 Å². The Morgan fingerprint density at radius 1 is 1.21 bits per heavy atom. The van der Waals surface area contributed by atoms with Gasteiger partial charge in [-0.25, -0.2) is 18.2 Å². The minimum atomic E-state index is -3.47. The molecule has 0 saturated carbocycles. The van der Waals surface area contributed by atoms with Crippen LogP contribution in [0.25, 0.3) is 0 Å². The lowest BCUT2D eigenvalue weighted by molar-refractivity contribution is 0.0659. The van der Waals surface area contributed by atoms with Crippen LogP contribution in [0.5, 0.6) is 0 Å². The summed E-state index contributed by atoms with van der Waals surface area (Å²) in [5.41, 5.74) is 1.01. The molecule has 1 aromatic carbocycles. The average Bonchev–Trinajstić information content (AvgIpc) is 3.19. The number of sulfonamides is 1. The molecule has 0 radical (unpaired) electrons. The highest BCUT2D eigenvalue weighted by atomic mass is 32.2. The number of aryl methyl sites for hydroxylation is 1. The normalized spacial score (nSPS) is 16.0. The van der Waals surface area contributed by atoms with Crippen molar-refractivity contribution in [3.63, 3.8) is 0 Å². The van der Waals surface area contributed by atoms with Gasteiger partial charge in [0.2, 0.25) is 21.6 Å². The number of rotatable bonds is 8. The van der Waals surface area contributed by atoms with E-state index in [1.54, 1.807) is 24.3 Å². The summed E-state index contributed by atoms with van der Waals surface area (Å²) in [7, 11) is -3.47. The number of carboxylic acid groups (broad SMARTS) is 1. The van der Waals surface area contributed by atoms with Crippen molar-refractivity contribution in [2.24, 2.45) is 5.92 Å². The van der Waals surface area contributed by atoms with Crippen LogP contribution in [0.3, 0.4) is 0 Å². The second-order valence-corrected chi connectivity index (χ2v) is 9.25. The third-order valence-corrected chi connectivity index (χ3v) is 7.12. The van der Waals surface area contributed by atoms with Crippen molar-refractivity contribution in [3.8, 4) is 0 Å². The highest BCUT2D eigenvalue weighted by Gasteiger charge is 2.29. The Balaban J connectivity index is 1.45. The van der Waals surface area contributed by atoms with E-state index >= 15 is 0 Å². The lowest BCUT2D eigenvalue weighted by atomic mass is 9.92. The van der Waals surface area contributed by atoms with Crippen molar-refractivity contribution in [1.29, 1.82) is 0 Å². The van der Waals surface area contributed by atoms with Gasteiger partial charge in [-0.2, -0.15) is 4.31 Å². The van der Waals surface area contributed by atoms with Gasteiger partial charge in [0.1, 0.15) is 0 Å². The third-order valence-electron chi connectivity index (χ3n) is 5.20. The zero-order valence-electron chi connectivity index (χ0n) is 16.2. The standard InChI is InChI=1S/C20H24N2O6S/c1-14-5-7-16(8-6-14)29(26,27)22-11-9-15(10-12-22)3-2-4-17(23)19-21-13-18(28-19)20(24)25/h5-8,13,15H,2-4,9-12H2,1H3,(H,24,25). The number of carbonyl (C=O) groups excluding carboxylic acids is 1. The second-order valence-electron chi connectivity index (χ2n) is 7.31. The Labute approximate surface area is 169 Å². The molecule has 2 heterocycles. The van der Waals surface area contributed by atoms with Crippen LogP contribution in [0.1, 0.15) is 58.9 Å². The van der Waals surface area contributed by atoms with Crippen molar-refractivity contribution in [1.82, 2.24) is 9.29 Å². The van der Waals surface area contributed by atoms with Crippen LogP contribution in [-0.2, 0) is 10.0 Å². The molecule has 1 fully saturated rings. The van der Waals surface area contributed by atoms with E-state index in [2.05, 4.69) is 4.98 Å². The molecular weight excluding hydrogens is 396 g/mol. The molecule has 2 aromatic rings. The summed E-state index contributed by atoms with van der Waals surface area (Å²) in [6.07, 6.45) is 4.18. The lowest BCUT2D eigenvalue weighted by Crippen LogP contribution is -2.38. The number of carboxylic acids is 1. The van der Waals surface area contributed by atoms with E-state index < -0.39 is 16.0 Å². The molecule has 156 valence electrons. The molecule has 29 heavy (non-hydrogen) atoms. The molecule has 0 unspecified atom stereocenters. The minimum Gasteiger partial charge on any atom is -0.475 e. The van der Waals surface area contributed by atoms with Gasteiger partial charge in [-0.1, -0.05) is 17.7 Å². The number of oxazole rings is 1. The summed E-state index contributed by atoms with van der Waals surface area (Å²) in [5, 5.41) is 8.80. The zero-order chi connectivity index (χ0) is 21.0. The monoisotopic (exact) mass is 420 g/mol. The lowest BCUT2D eigenvalue weighted by Gasteiger charge is -2.31. The predicted octanol–water partition coefficient (Wildman–Crippen LogP) is 3.14. The van der Waals surface area contributed by atoms with E-state index in [0.29, 0.717) is 30.3 Å². The molecule has 1 aromatic heterocycles. The number of benzene rings is 1. The number of aromatic nitrogens is 1. The molecule has 1 N–H and O–H groups in total. The van der Waals surface area contributed by atoms with Crippen LogP contribution < -0.4 is 0 Å². The number of Topliss-reactive ketones (excluding diaryl/α,β-unsaturated/α-hetero) is 1. The first kappa shape index (κ1) is 21.2. The van der Waals surface area contributed by atoms with Gasteiger partial charge in [-0.3, -0.25) is 4.79 Å². The molecule has 0 amide bonds. The van der Waals surface area contributed by atoms with Crippen LogP contribution in [0.4, 0.5) is 0 Å². The largest absolute Gasteiger partial charge is 0.475 e. The van der Waals surface area contributed by atoms with Crippen LogP contribution in [0.15, 0.2) is 39.8 Å². The maximum Gasteiger partial charge on any atom is 0.373 e. The van der Waals surface area contributed by atoms with Crippen molar-refractivity contribution < 1.29 is 27.5 Å². The van der Waals surface area contributed by atoms with Crippen molar-refractivity contribution in [3.05, 3.63) is 47.7 Å². The van der Waals surface area contributed by atoms with E-state index in [1.807, 2.05) is 6.92 Å². The Morgan fingerprint density at radius 2 is 1.86 bits per heavy atom. The van der Waals surface area contributed by atoms with Gasteiger partial charge in [-0.05, 0) is 50.7 Å². The third kappa shape index (κ3) is 5.10. The first-order chi connectivity index (χ1) is 13.8. The molecule has 0 aliphatic carbocycles. The van der Waals surface area contributed by atoms with Gasteiger partial charge in [0.25, 0.3) is 5.89 Å². The first-order valence-electron chi connectivity index (χ1n) is 9.56.